The van der Waals surface area contributed by atoms with Crippen LogP contribution in [-0.4, -0.2) is 11.8 Å². The van der Waals surface area contributed by atoms with E-state index in [-0.39, 0.29) is 30.1 Å². The van der Waals surface area contributed by atoms with Crippen LogP contribution in [0.2, 0.25) is 0 Å². The van der Waals surface area contributed by atoms with Crippen molar-refractivity contribution < 1.29 is 9.59 Å². The number of benzene rings is 2. The topological polar surface area (TPSA) is 84.2 Å². The molecule has 1 fully saturated rings. The highest BCUT2D eigenvalue weighted by Crippen LogP contribution is 2.30. The maximum atomic E-state index is 12.3. The molecule has 6 heteroatoms. The highest BCUT2D eigenvalue weighted by Gasteiger charge is 2.29. The predicted molar refractivity (Wildman–Crippen MR) is 102 cm³/mol. The zero-order chi connectivity index (χ0) is 17.1. The fourth-order valence-corrected chi connectivity index (χ4v) is 2.37. The molecule has 3 rings (SSSR count). The number of carbonyl (C=O) groups excluding carboxylic acids is 2. The van der Waals surface area contributed by atoms with E-state index in [1.165, 1.54) is 0 Å². The molecule has 4 N–H and O–H groups in total. The number of aryl methyl sites for hydroxylation is 1. The number of hydrogen-bond donors (Lipinski definition) is 3. The number of hydrogen-bond acceptors (Lipinski definition) is 3. The number of anilines is 2. The summed E-state index contributed by atoms with van der Waals surface area (Å²) in [5.41, 5.74) is 9.27. The lowest BCUT2D eigenvalue weighted by Crippen LogP contribution is -2.27. The van der Waals surface area contributed by atoms with Crippen molar-refractivity contribution in [2.75, 3.05) is 10.6 Å². The number of carbonyl (C=O) groups is 2. The molecule has 0 aliphatic heterocycles. The Morgan fingerprint density at radius 1 is 0.960 bits per heavy atom. The highest BCUT2D eigenvalue weighted by molar-refractivity contribution is 5.96. The summed E-state index contributed by atoms with van der Waals surface area (Å²) in [4.78, 5) is 24.0. The Balaban J connectivity index is 0.00000225. The lowest BCUT2D eigenvalue weighted by atomic mass is 10.1. The number of halogens is 1. The van der Waals surface area contributed by atoms with Gasteiger partial charge in [0.05, 0.1) is 0 Å². The van der Waals surface area contributed by atoms with E-state index in [0.717, 1.165) is 29.7 Å². The van der Waals surface area contributed by atoms with E-state index in [1.807, 2.05) is 31.2 Å². The summed E-state index contributed by atoms with van der Waals surface area (Å²) in [6, 6.07) is 13.9. The summed E-state index contributed by atoms with van der Waals surface area (Å²) in [5, 5.41) is 5.66. The van der Waals surface area contributed by atoms with Crippen LogP contribution in [-0.2, 0) is 9.59 Å². The Morgan fingerprint density at radius 2 is 1.48 bits per heavy atom. The van der Waals surface area contributed by atoms with E-state index in [0.29, 0.717) is 5.69 Å². The van der Waals surface area contributed by atoms with Gasteiger partial charge in [0.1, 0.15) is 6.04 Å². The van der Waals surface area contributed by atoms with Gasteiger partial charge in [-0.1, -0.05) is 29.8 Å². The van der Waals surface area contributed by atoms with E-state index in [2.05, 4.69) is 10.6 Å². The molecule has 0 heterocycles. The third kappa shape index (κ3) is 5.05. The van der Waals surface area contributed by atoms with Crippen molar-refractivity contribution in [2.24, 2.45) is 11.7 Å². The Morgan fingerprint density at radius 3 is 2.00 bits per heavy atom. The van der Waals surface area contributed by atoms with Crippen LogP contribution in [0.1, 0.15) is 30.0 Å². The first-order chi connectivity index (χ1) is 11.5. The fourth-order valence-electron chi connectivity index (χ4n) is 2.37. The highest BCUT2D eigenvalue weighted by atomic mass is 35.5. The van der Waals surface area contributed by atoms with Gasteiger partial charge >= 0.3 is 0 Å². The molecule has 0 saturated heterocycles. The molecule has 0 spiro atoms. The Kier molecular flexibility index (Phi) is 6.17. The van der Waals surface area contributed by atoms with Crippen molar-refractivity contribution in [2.45, 2.75) is 25.8 Å². The van der Waals surface area contributed by atoms with Crippen molar-refractivity contribution in [1.29, 1.82) is 0 Å². The SMILES string of the molecule is Cc1ccc(C(N)C(=O)Nc2ccc(NC(=O)C3CC3)cc2)cc1.Cl. The van der Waals surface area contributed by atoms with Crippen molar-refractivity contribution in [1.82, 2.24) is 0 Å². The van der Waals surface area contributed by atoms with Crippen LogP contribution in [0.5, 0.6) is 0 Å². The second-order valence-electron chi connectivity index (χ2n) is 6.22. The van der Waals surface area contributed by atoms with Gasteiger partial charge in [-0.05, 0) is 49.6 Å². The second-order valence-corrected chi connectivity index (χ2v) is 6.22. The minimum Gasteiger partial charge on any atom is -0.326 e. The van der Waals surface area contributed by atoms with Gasteiger partial charge in [0.15, 0.2) is 0 Å². The summed E-state index contributed by atoms with van der Waals surface area (Å²) in [5.74, 6) is -0.0429. The van der Waals surface area contributed by atoms with E-state index >= 15 is 0 Å². The standard InChI is InChI=1S/C19H21N3O2.ClH/c1-12-2-4-13(5-3-12)17(20)19(24)22-16-10-8-15(9-11-16)21-18(23)14-6-7-14;/h2-5,8-11,14,17H,6-7,20H2,1H3,(H,21,23)(H,22,24);1H. The van der Waals surface area contributed by atoms with Crippen LogP contribution >= 0.6 is 12.4 Å². The maximum absolute atomic E-state index is 12.3. The molecule has 132 valence electrons. The van der Waals surface area contributed by atoms with Gasteiger partial charge in [0.2, 0.25) is 11.8 Å². The predicted octanol–water partition coefficient (Wildman–Crippen LogP) is 3.40. The van der Waals surface area contributed by atoms with Gasteiger partial charge in [0, 0.05) is 17.3 Å². The molecule has 1 aliphatic carbocycles. The molecule has 2 aromatic carbocycles. The van der Waals surface area contributed by atoms with E-state index in [1.54, 1.807) is 24.3 Å². The van der Waals surface area contributed by atoms with Gasteiger partial charge in [0.25, 0.3) is 0 Å². The molecular formula is C19H22ClN3O2. The summed E-state index contributed by atoms with van der Waals surface area (Å²) in [7, 11) is 0. The molecule has 1 saturated carbocycles. The maximum Gasteiger partial charge on any atom is 0.245 e. The summed E-state index contributed by atoms with van der Waals surface area (Å²) in [6.07, 6.45) is 1.94. The Labute approximate surface area is 153 Å². The molecule has 1 atom stereocenters. The molecule has 1 aliphatic rings. The van der Waals surface area contributed by atoms with Crippen molar-refractivity contribution in [3.63, 3.8) is 0 Å². The molecule has 0 radical (unpaired) electrons. The fraction of sp³-hybridized carbons (Fsp3) is 0.263. The number of rotatable bonds is 5. The smallest absolute Gasteiger partial charge is 0.245 e. The average Bonchev–Trinajstić information content (AvgIpc) is 3.41. The van der Waals surface area contributed by atoms with Crippen LogP contribution in [0, 0.1) is 12.8 Å². The van der Waals surface area contributed by atoms with Crippen LogP contribution < -0.4 is 16.4 Å². The molecule has 0 aromatic heterocycles. The van der Waals surface area contributed by atoms with Crippen molar-refractivity contribution in [3.8, 4) is 0 Å². The first-order valence-electron chi connectivity index (χ1n) is 8.07. The minimum absolute atomic E-state index is 0. The summed E-state index contributed by atoms with van der Waals surface area (Å²) >= 11 is 0. The first kappa shape index (κ1) is 19.0. The van der Waals surface area contributed by atoms with Crippen LogP contribution in [0.25, 0.3) is 0 Å². The molecule has 2 aromatic rings. The van der Waals surface area contributed by atoms with Gasteiger partial charge in [-0.2, -0.15) is 0 Å². The van der Waals surface area contributed by atoms with E-state index in [4.69, 9.17) is 5.73 Å². The zero-order valence-corrected chi connectivity index (χ0v) is 14.8. The third-order valence-corrected chi connectivity index (χ3v) is 4.09. The summed E-state index contributed by atoms with van der Waals surface area (Å²) in [6.45, 7) is 1.99. The molecule has 1 unspecified atom stereocenters. The Hall–Kier alpha value is -2.37. The molecule has 5 nitrogen and oxygen atoms in total. The van der Waals surface area contributed by atoms with Gasteiger partial charge in [-0.15, -0.1) is 12.4 Å². The van der Waals surface area contributed by atoms with Gasteiger partial charge in [-0.3, -0.25) is 9.59 Å². The summed E-state index contributed by atoms with van der Waals surface area (Å²) < 4.78 is 0. The number of nitrogens with one attached hydrogen (secondary N) is 2. The lowest BCUT2D eigenvalue weighted by molar-refractivity contribution is -0.118. The quantitative estimate of drug-likeness (QED) is 0.764. The first-order valence-corrected chi connectivity index (χ1v) is 8.07. The van der Waals surface area contributed by atoms with E-state index < -0.39 is 6.04 Å². The number of amides is 2. The van der Waals surface area contributed by atoms with Crippen LogP contribution in [0.3, 0.4) is 0 Å². The zero-order valence-electron chi connectivity index (χ0n) is 14.0. The number of nitrogens with two attached hydrogens (primary N) is 1. The molecule has 0 bridgehead atoms. The monoisotopic (exact) mass is 359 g/mol. The third-order valence-electron chi connectivity index (χ3n) is 4.09. The largest absolute Gasteiger partial charge is 0.326 e. The van der Waals surface area contributed by atoms with Crippen molar-refractivity contribution in [3.05, 3.63) is 59.7 Å². The molecular weight excluding hydrogens is 338 g/mol. The average molecular weight is 360 g/mol. The van der Waals surface area contributed by atoms with Crippen LogP contribution in [0.15, 0.2) is 48.5 Å². The lowest BCUT2D eigenvalue weighted by Gasteiger charge is -2.13. The van der Waals surface area contributed by atoms with E-state index in [9.17, 15) is 9.59 Å². The normalized spacial score (nSPS) is 14.2. The van der Waals surface area contributed by atoms with Gasteiger partial charge in [-0.25, -0.2) is 0 Å². The van der Waals surface area contributed by atoms with Gasteiger partial charge < -0.3 is 16.4 Å². The minimum atomic E-state index is -0.722. The van der Waals surface area contributed by atoms with Crippen LogP contribution in [0.4, 0.5) is 11.4 Å². The molecule has 25 heavy (non-hydrogen) atoms. The van der Waals surface area contributed by atoms with Crippen molar-refractivity contribution >= 4 is 35.6 Å². The second kappa shape index (κ2) is 8.14. The Bertz CT molecular complexity index is 740. The molecule has 2 amide bonds.